The molecule has 0 bridgehead atoms. The normalized spacial score (nSPS) is 10.2. The number of aromatic nitrogens is 4. The van der Waals surface area contributed by atoms with Gasteiger partial charge in [-0.15, -0.1) is 0 Å². The third-order valence-corrected chi connectivity index (χ3v) is 1.88. The molecule has 2 heterocycles. The summed E-state index contributed by atoms with van der Waals surface area (Å²) in [4.78, 5) is 25.5. The fourth-order valence-electron chi connectivity index (χ4n) is 1.16. The lowest BCUT2D eigenvalue weighted by atomic mass is 10.2. The van der Waals surface area contributed by atoms with Gasteiger partial charge < -0.3 is 10.1 Å². The predicted octanol–water partition coefficient (Wildman–Crippen LogP) is 0.873. The molecule has 2 N–H and O–H groups in total. The Morgan fingerprint density at radius 1 is 1.47 bits per heavy atom. The lowest BCUT2D eigenvalue weighted by Gasteiger charge is -2.00. The summed E-state index contributed by atoms with van der Waals surface area (Å²) in [6, 6.07) is 0. The van der Waals surface area contributed by atoms with E-state index in [9.17, 15) is 4.79 Å². The van der Waals surface area contributed by atoms with Crippen molar-refractivity contribution in [1.82, 2.24) is 19.9 Å². The highest BCUT2D eigenvalue weighted by molar-refractivity contribution is 5.87. The van der Waals surface area contributed by atoms with Crippen LogP contribution in [0, 0.1) is 6.92 Å². The minimum absolute atomic E-state index is 0.00333. The van der Waals surface area contributed by atoms with Crippen molar-refractivity contribution in [2.24, 2.45) is 0 Å². The highest BCUT2D eigenvalue weighted by Crippen LogP contribution is 2.11. The van der Waals surface area contributed by atoms with E-state index in [0.717, 1.165) is 0 Å². The van der Waals surface area contributed by atoms with E-state index >= 15 is 0 Å². The Kier molecular flexibility index (Phi) is 2.17. The van der Waals surface area contributed by atoms with E-state index in [-0.39, 0.29) is 11.5 Å². The van der Waals surface area contributed by atoms with E-state index in [1.165, 1.54) is 6.20 Å². The van der Waals surface area contributed by atoms with E-state index in [2.05, 4.69) is 19.9 Å². The minimum Gasteiger partial charge on any atom is -0.477 e. The highest BCUT2D eigenvalue weighted by atomic mass is 16.4. The molecule has 0 amide bonds. The first kappa shape index (κ1) is 9.32. The number of H-pyrrole nitrogens is 1. The number of rotatable bonds is 2. The molecule has 0 radical (unpaired) electrons. The Bertz CT molecular complexity index is 493. The van der Waals surface area contributed by atoms with Gasteiger partial charge in [-0.2, -0.15) is 0 Å². The predicted molar refractivity (Wildman–Crippen MR) is 51.3 cm³/mol. The average molecular weight is 204 g/mol. The number of aromatic amines is 1. The molecule has 0 aliphatic carbocycles. The number of aryl methyl sites for hydroxylation is 1. The molecule has 0 unspecified atom stereocenters. The van der Waals surface area contributed by atoms with Crippen LogP contribution in [0.2, 0.25) is 0 Å². The molecule has 2 rings (SSSR count). The first-order chi connectivity index (χ1) is 7.18. The Balaban J connectivity index is 2.52. The molecular weight excluding hydrogens is 196 g/mol. The highest BCUT2D eigenvalue weighted by Gasteiger charge is 2.12. The topological polar surface area (TPSA) is 91.8 Å². The molecular formula is C9H8N4O2. The monoisotopic (exact) mass is 204 g/mol. The van der Waals surface area contributed by atoms with Gasteiger partial charge in [-0.3, -0.25) is 0 Å². The van der Waals surface area contributed by atoms with Gasteiger partial charge in [-0.25, -0.2) is 19.7 Å². The molecule has 15 heavy (non-hydrogen) atoms. The second-order valence-corrected chi connectivity index (χ2v) is 2.97. The molecule has 2 aromatic rings. The van der Waals surface area contributed by atoms with E-state index < -0.39 is 5.97 Å². The number of carboxylic acids is 1. The zero-order valence-corrected chi connectivity index (χ0v) is 7.93. The van der Waals surface area contributed by atoms with E-state index in [1.54, 1.807) is 19.3 Å². The van der Waals surface area contributed by atoms with Gasteiger partial charge >= 0.3 is 5.97 Å². The lowest BCUT2D eigenvalue weighted by Crippen LogP contribution is -2.06. The Morgan fingerprint density at radius 3 is 2.87 bits per heavy atom. The number of nitrogens with zero attached hydrogens (tertiary/aromatic N) is 3. The van der Waals surface area contributed by atoms with Crippen LogP contribution in [-0.4, -0.2) is 31.0 Å². The molecule has 6 heteroatoms. The first-order valence-electron chi connectivity index (χ1n) is 4.25. The number of carboxylic acid groups (broad SMARTS) is 1. The summed E-state index contributed by atoms with van der Waals surface area (Å²) in [7, 11) is 0. The third-order valence-electron chi connectivity index (χ3n) is 1.88. The molecule has 0 atom stereocenters. The summed E-state index contributed by atoms with van der Waals surface area (Å²) in [6.07, 6.45) is 4.65. The van der Waals surface area contributed by atoms with Crippen LogP contribution in [0.25, 0.3) is 11.6 Å². The molecule has 76 valence electrons. The maximum absolute atomic E-state index is 10.8. The molecule has 2 aromatic heterocycles. The second kappa shape index (κ2) is 3.49. The number of hydrogen-bond acceptors (Lipinski definition) is 4. The zero-order valence-electron chi connectivity index (χ0n) is 7.93. The fraction of sp³-hybridized carbons (Fsp3) is 0.111. The van der Waals surface area contributed by atoms with Crippen LogP contribution in [0.3, 0.4) is 0 Å². The summed E-state index contributed by atoms with van der Waals surface area (Å²) in [6.45, 7) is 1.65. The van der Waals surface area contributed by atoms with Crippen LogP contribution in [0.1, 0.15) is 16.1 Å². The summed E-state index contributed by atoms with van der Waals surface area (Å²) in [5, 5.41) is 8.87. The van der Waals surface area contributed by atoms with Gasteiger partial charge in [0.05, 0.1) is 0 Å². The van der Waals surface area contributed by atoms with Crippen LogP contribution in [0.15, 0.2) is 18.6 Å². The standard InChI is InChI=1S/C9H8N4O2/c1-5-4-12-8(7-10-2-3-11-7)13-6(5)9(14)15/h2-4H,1H3,(H,10,11)(H,14,15). The first-order valence-corrected chi connectivity index (χ1v) is 4.25. The molecule has 0 fully saturated rings. The Hall–Kier alpha value is -2.24. The van der Waals surface area contributed by atoms with Crippen molar-refractivity contribution < 1.29 is 9.90 Å². The maximum Gasteiger partial charge on any atom is 0.354 e. The molecule has 0 saturated carbocycles. The molecule has 0 aliphatic heterocycles. The van der Waals surface area contributed by atoms with Crippen molar-refractivity contribution in [3.8, 4) is 11.6 Å². The van der Waals surface area contributed by atoms with E-state index in [0.29, 0.717) is 11.4 Å². The van der Waals surface area contributed by atoms with Gasteiger partial charge in [0.1, 0.15) is 0 Å². The summed E-state index contributed by atoms with van der Waals surface area (Å²) in [5.74, 6) is -0.330. The minimum atomic E-state index is -1.07. The largest absolute Gasteiger partial charge is 0.477 e. The summed E-state index contributed by atoms with van der Waals surface area (Å²) in [5.41, 5.74) is 0.522. The van der Waals surface area contributed by atoms with Crippen LogP contribution < -0.4 is 0 Å². The Labute approximate surface area is 85.0 Å². The molecule has 0 aliphatic rings. The lowest BCUT2D eigenvalue weighted by molar-refractivity contribution is 0.0689. The number of imidazole rings is 1. The third kappa shape index (κ3) is 1.69. The van der Waals surface area contributed by atoms with Crippen molar-refractivity contribution in [3.63, 3.8) is 0 Å². The van der Waals surface area contributed by atoms with Crippen molar-refractivity contribution in [2.45, 2.75) is 6.92 Å². The second-order valence-electron chi connectivity index (χ2n) is 2.97. The zero-order chi connectivity index (χ0) is 10.8. The number of aromatic carboxylic acids is 1. The molecule has 0 saturated heterocycles. The van der Waals surface area contributed by atoms with Crippen molar-refractivity contribution >= 4 is 5.97 Å². The van der Waals surface area contributed by atoms with Crippen molar-refractivity contribution in [3.05, 3.63) is 29.8 Å². The van der Waals surface area contributed by atoms with Crippen molar-refractivity contribution in [2.75, 3.05) is 0 Å². The molecule has 0 aromatic carbocycles. The van der Waals surface area contributed by atoms with Gasteiger partial charge in [0, 0.05) is 24.2 Å². The molecule has 6 nitrogen and oxygen atoms in total. The maximum atomic E-state index is 10.8. The fourth-order valence-corrected chi connectivity index (χ4v) is 1.16. The summed E-state index contributed by atoms with van der Waals surface area (Å²) < 4.78 is 0. The quantitative estimate of drug-likeness (QED) is 0.757. The molecule has 0 spiro atoms. The van der Waals surface area contributed by atoms with Crippen LogP contribution >= 0.6 is 0 Å². The SMILES string of the molecule is Cc1cnc(-c2ncc[nH]2)nc1C(=O)O. The van der Waals surface area contributed by atoms with E-state index in [1.807, 2.05) is 0 Å². The smallest absolute Gasteiger partial charge is 0.354 e. The average Bonchev–Trinajstić information content (AvgIpc) is 2.71. The van der Waals surface area contributed by atoms with Crippen LogP contribution in [0.5, 0.6) is 0 Å². The number of hydrogen-bond donors (Lipinski definition) is 2. The Morgan fingerprint density at radius 2 is 2.27 bits per heavy atom. The van der Waals surface area contributed by atoms with Gasteiger partial charge in [-0.05, 0) is 6.92 Å². The van der Waals surface area contributed by atoms with Gasteiger partial charge in [0.25, 0.3) is 0 Å². The number of carbonyl (C=O) groups is 1. The van der Waals surface area contributed by atoms with Gasteiger partial charge in [0.2, 0.25) is 0 Å². The van der Waals surface area contributed by atoms with Crippen LogP contribution in [0.4, 0.5) is 0 Å². The van der Waals surface area contributed by atoms with Gasteiger partial charge in [0.15, 0.2) is 17.3 Å². The van der Waals surface area contributed by atoms with E-state index in [4.69, 9.17) is 5.11 Å². The van der Waals surface area contributed by atoms with Crippen molar-refractivity contribution in [1.29, 1.82) is 0 Å². The number of nitrogens with one attached hydrogen (secondary N) is 1. The van der Waals surface area contributed by atoms with Gasteiger partial charge in [-0.1, -0.05) is 0 Å². The van der Waals surface area contributed by atoms with Crippen LogP contribution in [-0.2, 0) is 0 Å². The summed E-state index contributed by atoms with van der Waals surface area (Å²) >= 11 is 0.